The second-order valence-corrected chi connectivity index (χ2v) is 6.91. The number of carbonyl (C=O) groups is 1. The van der Waals surface area contributed by atoms with Gasteiger partial charge < -0.3 is 24.5 Å². The summed E-state index contributed by atoms with van der Waals surface area (Å²) < 4.78 is 10.7. The molecule has 0 saturated carbocycles. The van der Waals surface area contributed by atoms with E-state index >= 15 is 0 Å². The zero-order valence-electron chi connectivity index (χ0n) is 14.8. The Labute approximate surface area is 138 Å². The maximum atomic E-state index is 12.2. The van der Waals surface area contributed by atoms with E-state index in [1.54, 1.807) is 13.2 Å². The molecule has 0 spiro atoms. The van der Waals surface area contributed by atoms with Gasteiger partial charge in [-0.3, -0.25) is 0 Å². The molecule has 1 aromatic rings. The number of rotatable bonds is 8. The number of aliphatic hydroxyl groups is 1. The summed E-state index contributed by atoms with van der Waals surface area (Å²) in [6.45, 7) is 10.6. The van der Waals surface area contributed by atoms with Crippen LogP contribution in [-0.4, -0.2) is 53.5 Å². The minimum atomic E-state index is -0.594. The molecule has 0 fully saturated rings. The molecule has 1 amide bonds. The van der Waals surface area contributed by atoms with Gasteiger partial charge in [0.15, 0.2) is 0 Å². The quantitative estimate of drug-likeness (QED) is 0.767. The molecule has 0 aliphatic heterocycles. The minimum absolute atomic E-state index is 0.230. The van der Waals surface area contributed by atoms with Gasteiger partial charge >= 0.3 is 6.09 Å². The first-order valence-electron chi connectivity index (χ1n) is 8.09. The molecule has 1 heterocycles. The van der Waals surface area contributed by atoms with Crippen LogP contribution in [0.1, 0.15) is 40.4 Å². The third-order valence-electron chi connectivity index (χ3n) is 3.10. The first-order chi connectivity index (χ1) is 10.7. The fourth-order valence-electron chi connectivity index (χ4n) is 2.15. The summed E-state index contributed by atoms with van der Waals surface area (Å²) >= 11 is 0. The van der Waals surface area contributed by atoms with Gasteiger partial charge in [0.25, 0.3) is 0 Å². The van der Waals surface area contributed by atoms with Gasteiger partial charge in [-0.05, 0) is 46.8 Å². The van der Waals surface area contributed by atoms with Crippen LogP contribution in [0.15, 0.2) is 22.8 Å². The van der Waals surface area contributed by atoms with Crippen LogP contribution in [0.5, 0.6) is 0 Å². The van der Waals surface area contributed by atoms with E-state index in [0.717, 1.165) is 12.2 Å². The predicted molar refractivity (Wildman–Crippen MR) is 89.4 cm³/mol. The topological polar surface area (TPSA) is 74.9 Å². The van der Waals surface area contributed by atoms with Gasteiger partial charge in [-0.25, -0.2) is 4.79 Å². The number of aliphatic hydroxyl groups excluding tert-OH is 1. The summed E-state index contributed by atoms with van der Waals surface area (Å²) in [5, 5.41) is 12.9. The van der Waals surface area contributed by atoms with Crippen LogP contribution in [0.25, 0.3) is 0 Å². The molecule has 0 bridgehead atoms. The zero-order valence-corrected chi connectivity index (χ0v) is 14.8. The number of carbonyl (C=O) groups excluding carboxylic acids is 1. The third-order valence-corrected chi connectivity index (χ3v) is 3.10. The number of ether oxygens (including phenoxy) is 1. The minimum Gasteiger partial charge on any atom is -0.469 e. The van der Waals surface area contributed by atoms with Crippen LogP contribution >= 0.6 is 0 Å². The number of hydrogen-bond acceptors (Lipinski definition) is 5. The van der Waals surface area contributed by atoms with E-state index in [0.29, 0.717) is 13.1 Å². The number of nitrogens with zero attached hydrogens (tertiary/aromatic N) is 1. The highest BCUT2D eigenvalue weighted by atomic mass is 16.6. The summed E-state index contributed by atoms with van der Waals surface area (Å²) in [5.74, 6) is 0.929. The highest BCUT2D eigenvalue weighted by molar-refractivity contribution is 5.68. The summed E-state index contributed by atoms with van der Waals surface area (Å²) in [6, 6.07) is 4.04. The van der Waals surface area contributed by atoms with Crippen LogP contribution in [0.4, 0.5) is 4.79 Å². The van der Waals surface area contributed by atoms with Crippen LogP contribution in [0, 0.1) is 0 Å². The van der Waals surface area contributed by atoms with Gasteiger partial charge in [0.05, 0.1) is 12.4 Å². The lowest BCUT2D eigenvalue weighted by atomic mass is 10.2. The Hall–Kier alpha value is -1.53. The maximum Gasteiger partial charge on any atom is 0.410 e. The third kappa shape index (κ3) is 8.62. The molecule has 0 saturated heterocycles. The SMILES string of the molecule is CC(O)CN(CCNC(C)Cc1ccco1)C(=O)OC(C)(C)C. The van der Waals surface area contributed by atoms with E-state index in [1.165, 1.54) is 4.90 Å². The van der Waals surface area contributed by atoms with Crippen molar-refractivity contribution in [3.63, 3.8) is 0 Å². The lowest BCUT2D eigenvalue weighted by Crippen LogP contribution is -2.44. The molecule has 6 nitrogen and oxygen atoms in total. The van der Waals surface area contributed by atoms with Crippen molar-refractivity contribution in [3.05, 3.63) is 24.2 Å². The van der Waals surface area contributed by atoms with Gasteiger partial charge in [0.2, 0.25) is 0 Å². The molecule has 6 heteroatoms. The molecular weight excluding hydrogens is 296 g/mol. The number of nitrogens with one attached hydrogen (secondary N) is 1. The predicted octanol–water partition coefficient (Wildman–Crippen LogP) is 2.42. The van der Waals surface area contributed by atoms with E-state index in [9.17, 15) is 9.90 Å². The van der Waals surface area contributed by atoms with Crippen molar-refractivity contribution in [1.29, 1.82) is 0 Å². The van der Waals surface area contributed by atoms with Crippen LogP contribution in [-0.2, 0) is 11.2 Å². The van der Waals surface area contributed by atoms with Gasteiger partial charge in [-0.1, -0.05) is 0 Å². The van der Waals surface area contributed by atoms with Crippen molar-refractivity contribution < 1.29 is 19.1 Å². The molecule has 1 rings (SSSR count). The lowest BCUT2D eigenvalue weighted by molar-refractivity contribution is 0.0163. The fourth-order valence-corrected chi connectivity index (χ4v) is 2.15. The Morgan fingerprint density at radius 3 is 2.65 bits per heavy atom. The molecule has 0 aliphatic rings. The Morgan fingerprint density at radius 1 is 1.43 bits per heavy atom. The van der Waals surface area contributed by atoms with Crippen molar-refractivity contribution in [3.8, 4) is 0 Å². The molecule has 0 radical (unpaired) electrons. The first-order valence-corrected chi connectivity index (χ1v) is 8.09. The largest absolute Gasteiger partial charge is 0.469 e. The highest BCUT2D eigenvalue weighted by Gasteiger charge is 2.23. The number of furan rings is 1. The Kier molecular flexibility index (Phi) is 7.58. The van der Waals surface area contributed by atoms with Crippen molar-refractivity contribution in [2.24, 2.45) is 0 Å². The Balaban J connectivity index is 2.42. The van der Waals surface area contributed by atoms with Crippen LogP contribution < -0.4 is 5.32 Å². The molecule has 2 atom stereocenters. The monoisotopic (exact) mass is 326 g/mol. The average Bonchev–Trinajstić information content (AvgIpc) is 2.87. The van der Waals surface area contributed by atoms with E-state index in [1.807, 2.05) is 32.9 Å². The highest BCUT2D eigenvalue weighted by Crippen LogP contribution is 2.10. The van der Waals surface area contributed by atoms with Gasteiger partial charge in [0.1, 0.15) is 11.4 Å². The van der Waals surface area contributed by atoms with E-state index < -0.39 is 17.8 Å². The molecule has 0 aliphatic carbocycles. The van der Waals surface area contributed by atoms with Crippen LogP contribution in [0.2, 0.25) is 0 Å². The second-order valence-electron chi connectivity index (χ2n) is 6.91. The van der Waals surface area contributed by atoms with Crippen molar-refractivity contribution in [2.75, 3.05) is 19.6 Å². The van der Waals surface area contributed by atoms with Gasteiger partial charge in [-0.15, -0.1) is 0 Å². The summed E-state index contributed by atoms with van der Waals surface area (Å²) in [7, 11) is 0. The van der Waals surface area contributed by atoms with Crippen molar-refractivity contribution in [1.82, 2.24) is 10.2 Å². The Bertz CT molecular complexity index is 452. The standard InChI is InChI=1S/C17H30N2O4/c1-13(11-15-7-6-10-22-15)18-8-9-19(12-14(2)20)16(21)23-17(3,4)5/h6-7,10,13-14,18,20H,8-9,11-12H2,1-5H3. The van der Waals surface area contributed by atoms with E-state index in [-0.39, 0.29) is 12.6 Å². The summed E-state index contributed by atoms with van der Waals surface area (Å²) in [5.41, 5.74) is -0.548. The van der Waals surface area contributed by atoms with E-state index in [4.69, 9.17) is 9.15 Å². The molecule has 23 heavy (non-hydrogen) atoms. The van der Waals surface area contributed by atoms with Gasteiger partial charge in [-0.2, -0.15) is 0 Å². The molecule has 2 unspecified atom stereocenters. The average molecular weight is 326 g/mol. The zero-order chi connectivity index (χ0) is 17.5. The molecule has 2 N–H and O–H groups in total. The molecule has 1 aromatic heterocycles. The van der Waals surface area contributed by atoms with E-state index in [2.05, 4.69) is 12.2 Å². The summed E-state index contributed by atoms with van der Waals surface area (Å²) in [6.07, 6.45) is 1.45. The van der Waals surface area contributed by atoms with Crippen molar-refractivity contribution in [2.45, 2.75) is 58.8 Å². The Morgan fingerprint density at radius 2 is 2.13 bits per heavy atom. The van der Waals surface area contributed by atoms with Crippen molar-refractivity contribution >= 4 is 6.09 Å². The number of amides is 1. The molecule has 0 aromatic carbocycles. The van der Waals surface area contributed by atoms with Gasteiger partial charge in [0, 0.05) is 32.1 Å². The molecular formula is C17H30N2O4. The molecule has 132 valence electrons. The summed E-state index contributed by atoms with van der Waals surface area (Å²) in [4.78, 5) is 13.7. The van der Waals surface area contributed by atoms with Crippen LogP contribution in [0.3, 0.4) is 0 Å². The normalized spacial score (nSPS) is 14.3. The fraction of sp³-hybridized carbons (Fsp3) is 0.706. The smallest absolute Gasteiger partial charge is 0.410 e. The second kappa shape index (κ2) is 8.93. The maximum absolute atomic E-state index is 12.2. The first kappa shape index (κ1) is 19.5. The number of hydrogen-bond donors (Lipinski definition) is 2. The lowest BCUT2D eigenvalue weighted by Gasteiger charge is -2.28.